The molecule has 1 N–H and O–H groups in total. The van der Waals surface area contributed by atoms with Crippen molar-refractivity contribution in [3.63, 3.8) is 0 Å². The number of aliphatic carboxylic acids is 1. The summed E-state index contributed by atoms with van der Waals surface area (Å²) in [4.78, 5) is 26.3. The van der Waals surface area contributed by atoms with Crippen LogP contribution in [-0.2, 0) is 4.79 Å². The van der Waals surface area contributed by atoms with Crippen LogP contribution in [0.3, 0.4) is 0 Å². The monoisotopic (exact) mass is 491 g/mol. The summed E-state index contributed by atoms with van der Waals surface area (Å²) in [6, 6.07) is 16.5. The molecule has 146 valence electrons. The van der Waals surface area contributed by atoms with Crippen LogP contribution in [0, 0.1) is 3.57 Å². The topological polar surface area (TPSA) is 66.8 Å². The van der Waals surface area contributed by atoms with Gasteiger partial charge in [0.25, 0.3) is 5.91 Å². The summed E-state index contributed by atoms with van der Waals surface area (Å²) >= 11 is 2.21. The summed E-state index contributed by atoms with van der Waals surface area (Å²) in [5.74, 6) is -0.484. The van der Waals surface area contributed by atoms with Crippen molar-refractivity contribution in [3.8, 4) is 5.75 Å². The van der Waals surface area contributed by atoms with Crippen LogP contribution in [0.4, 0.5) is 0 Å². The van der Waals surface area contributed by atoms with Crippen LogP contribution in [-0.4, -0.2) is 40.6 Å². The molecule has 1 aliphatic rings. The SMILES string of the molecule is CC(CC1=CCN(C(=O)c2ccc(I)cc2)CC1)(Oc1ccccc1)C(=O)O. The molecule has 1 heterocycles. The fraction of sp³-hybridized carbons (Fsp3) is 0.273. The average Bonchev–Trinajstić information content (AvgIpc) is 2.69. The number of amides is 1. The molecule has 0 bridgehead atoms. The van der Waals surface area contributed by atoms with Crippen molar-refractivity contribution < 1.29 is 19.4 Å². The average molecular weight is 491 g/mol. The van der Waals surface area contributed by atoms with Crippen LogP contribution in [0.2, 0.25) is 0 Å². The molecular formula is C22H22INO4. The van der Waals surface area contributed by atoms with Gasteiger partial charge in [0.15, 0.2) is 0 Å². The predicted molar refractivity (Wildman–Crippen MR) is 115 cm³/mol. The van der Waals surface area contributed by atoms with Crippen LogP contribution < -0.4 is 4.74 Å². The minimum absolute atomic E-state index is 0.00627. The van der Waals surface area contributed by atoms with Gasteiger partial charge in [-0.3, -0.25) is 4.79 Å². The lowest BCUT2D eigenvalue weighted by atomic mass is 9.92. The van der Waals surface area contributed by atoms with Crippen molar-refractivity contribution in [1.29, 1.82) is 0 Å². The number of ether oxygens (including phenoxy) is 1. The maximum Gasteiger partial charge on any atom is 0.348 e. The predicted octanol–water partition coefficient (Wildman–Crippen LogP) is 4.38. The summed E-state index contributed by atoms with van der Waals surface area (Å²) in [5.41, 5.74) is 0.308. The fourth-order valence-corrected chi connectivity index (χ4v) is 3.53. The standard InChI is InChI=1S/C22H22INO4/c1-22(21(26)27,28-19-5-3-2-4-6-19)15-16-11-13-24(14-12-16)20(25)17-7-9-18(23)10-8-17/h2-11H,12-15H2,1H3,(H,26,27). The zero-order valence-corrected chi connectivity index (χ0v) is 17.8. The molecule has 2 aromatic rings. The molecule has 3 rings (SSSR count). The Bertz CT molecular complexity index is 879. The van der Waals surface area contributed by atoms with Gasteiger partial charge in [-0.15, -0.1) is 0 Å². The number of carboxylic acids is 1. The molecule has 1 atom stereocenters. The summed E-state index contributed by atoms with van der Waals surface area (Å²) in [5, 5.41) is 9.72. The first kappa shape index (κ1) is 20.4. The molecule has 0 saturated carbocycles. The summed E-state index contributed by atoms with van der Waals surface area (Å²) in [7, 11) is 0. The highest BCUT2D eigenvalue weighted by Gasteiger charge is 2.37. The Balaban J connectivity index is 1.66. The van der Waals surface area contributed by atoms with Crippen molar-refractivity contribution in [3.05, 3.63) is 75.4 Å². The van der Waals surface area contributed by atoms with E-state index in [4.69, 9.17) is 4.74 Å². The van der Waals surface area contributed by atoms with Gasteiger partial charge >= 0.3 is 5.97 Å². The van der Waals surface area contributed by atoms with E-state index < -0.39 is 11.6 Å². The van der Waals surface area contributed by atoms with Crippen molar-refractivity contribution in [2.75, 3.05) is 13.1 Å². The molecule has 2 aromatic carbocycles. The van der Waals surface area contributed by atoms with Gasteiger partial charge in [-0.05, 0) is 72.3 Å². The Kier molecular flexibility index (Phi) is 6.39. The Morgan fingerprint density at radius 1 is 1.14 bits per heavy atom. The number of benzene rings is 2. The Labute approximate surface area is 178 Å². The van der Waals surface area contributed by atoms with E-state index in [9.17, 15) is 14.7 Å². The smallest absolute Gasteiger partial charge is 0.348 e. The fourth-order valence-electron chi connectivity index (χ4n) is 3.17. The van der Waals surface area contributed by atoms with Crippen molar-refractivity contribution in [2.45, 2.75) is 25.4 Å². The van der Waals surface area contributed by atoms with E-state index in [0.717, 1.165) is 9.14 Å². The van der Waals surface area contributed by atoms with Gasteiger partial charge in [0.05, 0.1) is 0 Å². The van der Waals surface area contributed by atoms with Crippen LogP contribution in [0.1, 0.15) is 30.1 Å². The molecule has 0 saturated heterocycles. The van der Waals surface area contributed by atoms with Crippen molar-refractivity contribution >= 4 is 34.5 Å². The van der Waals surface area contributed by atoms with E-state index >= 15 is 0 Å². The summed E-state index contributed by atoms with van der Waals surface area (Å²) in [6.07, 6.45) is 2.86. The van der Waals surface area contributed by atoms with E-state index in [-0.39, 0.29) is 12.3 Å². The van der Waals surface area contributed by atoms with Crippen LogP contribution in [0.15, 0.2) is 66.2 Å². The van der Waals surface area contributed by atoms with E-state index in [2.05, 4.69) is 22.6 Å². The lowest BCUT2D eigenvalue weighted by Gasteiger charge is -2.31. The van der Waals surface area contributed by atoms with E-state index in [1.807, 2.05) is 48.5 Å². The second-order valence-corrected chi connectivity index (χ2v) is 8.24. The summed E-state index contributed by atoms with van der Waals surface area (Å²) < 4.78 is 6.88. The lowest BCUT2D eigenvalue weighted by Crippen LogP contribution is -2.43. The Morgan fingerprint density at radius 3 is 2.39 bits per heavy atom. The highest BCUT2D eigenvalue weighted by molar-refractivity contribution is 14.1. The van der Waals surface area contributed by atoms with Gasteiger partial charge in [-0.1, -0.05) is 29.8 Å². The third-order valence-electron chi connectivity index (χ3n) is 4.78. The quantitative estimate of drug-likeness (QED) is 0.482. The number of halogens is 1. The molecule has 0 aliphatic carbocycles. The number of carboxylic acid groups (broad SMARTS) is 1. The van der Waals surface area contributed by atoms with Gasteiger partial charge in [0.1, 0.15) is 5.75 Å². The molecule has 0 fully saturated rings. The maximum atomic E-state index is 12.6. The van der Waals surface area contributed by atoms with Crippen LogP contribution in [0.5, 0.6) is 5.75 Å². The number of hydrogen-bond donors (Lipinski definition) is 1. The number of carbonyl (C=O) groups is 2. The van der Waals surface area contributed by atoms with Gasteiger partial charge < -0.3 is 14.7 Å². The normalized spacial score (nSPS) is 16.1. The Hall–Kier alpha value is -2.35. The molecule has 5 nitrogen and oxygen atoms in total. The van der Waals surface area contributed by atoms with E-state index in [0.29, 0.717) is 30.8 Å². The van der Waals surface area contributed by atoms with Gasteiger partial charge in [0, 0.05) is 28.6 Å². The molecule has 28 heavy (non-hydrogen) atoms. The Morgan fingerprint density at radius 2 is 1.82 bits per heavy atom. The second-order valence-electron chi connectivity index (χ2n) is 7.00. The second kappa shape index (κ2) is 8.77. The molecule has 0 spiro atoms. The first-order valence-electron chi connectivity index (χ1n) is 9.07. The first-order chi connectivity index (χ1) is 13.4. The third kappa shape index (κ3) is 4.92. The summed E-state index contributed by atoms with van der Waals surface area (Å²) in [6.45, 7) is 2.63. The molecule has 1 aliphatic heterocycles. The minimum Gasteiger partial charge on any atom is -0.478 e. The van der Waals surface area contributed by atoms with E-state index in [1.165, 1.54) is 0 Å². The number of rotatable bonds is 6. The highest BCUT2D eigenvalue weighted by atomic mass is 127. The van der Waals surface area contributed by atoms with E-state index in [1.54, 1.807) is 24.0 Å². The molecule has 0 radical (unpaired) electrons. The van der Waals surface area contributed by atoms with Gasteiger partial charge in [-0.25, -0.2) is 4.79 Å². The maximum absolute atomic E-state index is 12.6. The lowest BCUT2D eigenvalue weighted by molar-refractivity contribution is -0.153. The number of hydrogen-bond acceptors (Lipinski definition) is 3. The molecule has 1 unspecified atom stereocenters. The zero-order valence-electron chi connectivity index (χ0n) is 15.6. The number of para-hydroxylation sites is 1. The van der Waals surface area contributed by atoms with Crippen molar-refractivity contribution in [2.24, 2.45) is 0 Å². The first-order valence-corrected chi connectivity index (χ1v) is 10.2. The van der Waals surface area contributed by atoms with Crippen LogP contribution in [0.25, 0.3) is 0 Å². The van der Waals surface area contributed by atoms with Gasteiger partial charge in [0.2, 0.25) is 5.60 Å². The zero-order chi connectivity index (χ0) is 20.1. The molecule has 0 aromatic heterocycles. The highest BCUT2D eigenvalue weighted by Crippen LogP contribution is 2.28. The van der Waals surface area contributed by atoms with Gasteiger partial charge in [-0.2, -0.15) is 0 Å². The number of nitrogens with zero attached hydrogens (tertiary/aromatic N) is 1. The van der Waals surface area contributed by atoms with Crippen molar-refractivity contribution in [1.82, 2.24) is 4.90 Å². The largest absolute Gasteiger partial charge is 0.478 e. The minimum atomic E-state index is -1.35. The molecule has 1 amide bonds. The molecule has 6 heteroatoms. The number of carbonyl (C=O) groups excluding carboxylic acids is 1. The van der Waals surface area contributed by atoms with Crippen LogP contribution >= 0.6 is 22.6 Å². The third-order valence-corrected chi connectivity index (χ3v) is 5.50. The molecular weight excluding hydrogens is 469 g/mol.